The molecule has 35 heavy (non-hydrogen) atoms. The predicted octanol–water partition coefficient (Wildman–Crippen LogP) is 4.87. The third-order valence-corrected chi connectivity index (χ3v) is 7.37. The monoisotopic (exact) mass is 518 g/mol. The largest absolute Gasteiger partial charge is 0.475 e. The van der Waals surface area contributed by atoms with Crippen LogP contribution < -0.4 is 9.47 Å². The lowest BCUT2D eigenvalue weighted by Crippen LogP contribution is -2.25. The Hall–Kier alpha value is -1.88. The van der Waals surface area contributed by atoms with Crippen molar-refractivity contribution in [1.29, 1.82) is 0 Å². The van der Waals surface area contributed by atoms with E-state index in [0.717, 1.165) is 87.7 Å². The van der Waals surface area contributed by atoms with Crippen LogP contribution in [0.4, 0.5) is 0 Å². The number of unbranched alkanes of at least 4 members (excludes halogenated alkanes) is 2. The van der Waals surface area contributed by atoms with Gasteiger partial charge in [-0.25, -0.2) is 0 Å². The summed E-state index contributed by atoms with van der Waals surface area (Å²) in [5.41, 5.74) is 4.42. The number of rotatable bonds is 10. The molecule has 0 saturated heterocycles. The lowest BCUT2D eigenvalue weighted by Gasteiger charge is -2.22. The number of nitrogens with zero attached hydrogens (tertiary/aromatic N) is 6. The minimum atomic E-state index is 0.720. The van der Waals surface area contributed by atoms with Crippen LogP contribution in [0.25, 0.3) is 11.1 Å². The maximum atomic E-state index is 5.77. The van der Waals surface area contributed by atoms with Gasteiger partial charge >= 0.3 is 0 Å². The van der Waals surface area contributed by atoms with Gasteiger partial charge in [0.15, 0.2) is 0 Å². The van der Waals surface area contributed by atoms with Crippen molar-refractivity contribution in [2.75, 3.05) is 53.5 Å². The van der Waals surface area contributed by atoms with E-state index in [-0.39, 0.29) is 0 Å². The summed E-state index contributed by atoms with van der Waals surface area (Å²) < 4.78 is 28.8. The molecule has 8 nitrogen and oxygen atoms in total. The second kappa shape index (κ2) is 13.4. The van der Waals surface area contributed by atoms with Crippen molar-refractivity contribution in [2.24, 2.45) is 5.92 Å². The molecular formula is C25H38N6O2S2. The number of hydrogen-bond donors (Lipinski definition) is 0. The standard InChI is InChI=1S/C13H21N3OS.C12H17N3OS/c1-3-4-5-9-17-13-12(14-18-15-13)11-7-6-8-16(2)10-11;1-15-6-2-3-10(7-15)11-12(14-17-13-11)16-8-9-4-5-9/h7H,3-6,8-10H2,1-2H3;3,9H,2,4-8H2,1H3. The molecule has 0 aromatic carbocycles. The van der Waals surface area contributed by atoms with E-state index in [1.165, 1.54) is 60.3 Å². The van der Waals surface area contributed by atoms with Crippen LogP contribution in [-0.2, 0) is 0 Å². The maximum Gasteiger partial charge on any atom is 0.253 e. The fourth-order valence-electron chi connectivity index (χ4n) is 4.08. The Bertz CT molecular complexity index is 984. The Morgan fingerprint density at radius 1 is 0.829 bits per heavy atom. The highest BCUT2D eigenvalue weighted by molar-refractivity contribution is 6.99. The number of aromatic nitrogens is 4. The van der Waals surface area contributed by atoms with Gasteiger partial charge in [-0.05, 0) is 63.3 Å². The summed E-state index contributed by atoms with van der Waals surface area (Å²) >= 11 is 2.49. The van der Waals surface area contributed by atoms with Crippen molar-refractivity contribution in [3.05, 3.63) is 23.5 Å². The predicted molar refractivity (Wildman–Crippen MR) is 143 cm³/mol. The highest BCUT2D eigenvalue weighted by Crippen LogP contribution is 2.32. The molecule has 0 N–H and O–H groups in total. The van der Waals surface area contributed by atoms with Gasteiger partial charge < -0.3 is 19.3 Å². The van der Waals surface area contributed by atoms with Gasteiger partial charge in [-0.2, -0.15) is 8.75 Å². The summed E-state index contributed by atoms with van der Waals surface area (Å²) in [6, 6.07) is 0. The first-order valence-electron chi connectivity index (χ1n) is 12.8. The van der Waals surface area contributed by atoms with Crippen molar-refractivity contribution in [1.82, 2.24) is 27.3 Å². The van der Waals surface area contributed by atoms with E-state index in [2.05, 4.69) is 60.5 Å². The summed E-state index contributed by atoms with van der Waals surface area (Å²) in [7, 11) is 4.27. The van der Waals surface area contributed by atoms with E-state index in [9.17, 15) is 0 Å². The quantitative estimate of drug-likeness (QED) is 0.412. The second-order valence-corrected chi connectivity index (χ2v) is 10.7. The Balaban J connectivity index is 0.000000165. The van der Waals surface area contributed by atoms with Gasteiger partial charge in [0.1, 0.15) is 11.4 Å². The zero-order valence-corrected chi connectivity index (χ0v) is 22.9. The molecule has 192 valence electrons. The van der Waals surface area contributed by atoms with Crippen molar-refractivity contribution in [3.63, 3.8) is 0 Å². The van der Waals surface area contributed by atoms with Gasteiger partial charge in [0.2, 0.25) is 0 Å². The fourth-order valence-corrected chi connectivity index (χ4v) is 5.14. The van der Waals surface area contributed by atoms with Gasteiger partial charge in [-0.15, -0.1) is 8.75 Å². The van der Waals surface area contributed by atoms with Gasteiger partial charge in [-0.3, -0.25) is 0 Å². The van der Waals surface area contributed by atoms with E-state index < -0.39 is 0 Å². The first kappa shape index (κ1) is 26.2. The highest BCUT2D eigenvalue weighted by Gasteiger charge is 2.24. The smallest absolute Gasteiger partial charge is 0.253 e. The van der Waals surface area contributed by atoms with E-state index in [0.29, 0.717) is 0 Å². The highest BCUT2D eigenvalue weighted by atomic mass is 32.1. The molecule has 2 aliphatic heterocycles. The topological polar surface area (TPSA) is 76.5 Å². The number of hydrogen-bond acceptors (Lipinski definition) is 10. The molecule has 5 rings (SSSR count). The molecule has 1 aliphatic carbocycles. The van der Waals surface area contributed by atoms with E-state index >= 15 is 0 Å². The average Bonchev–Trinajstić information content (AvgIpc) is 3.37. The summed E-state index contributed by atoms with van der Waals surface area (Å²) in [5.74, 6) is 2.22. The van der Waals surface area contributed by atoms with Crippen LogP contribution >= 0.6 is 23.5 Å². The Kier molecular flexibility index (Phi) is 10.1. The van der Waals surface area contributed by atoms with Gasteiger partial charge in [-0.1, -0.05) is 31.9 Å². The van der Waals surface area contributed by atoms with Crippen molar-refractivity contribution >= 4 is 34.6 Å². The van der Waals surface area contributed by atoms with Gasteiger partial charge in [0.05, 0.1) is 36.7 Å². The molecule has 2 aromatic rings. The molecule has 1 fully saturated rings. The SMILES string of the molecule is CCCCCOc1nsnc1C1=CCCN(C)C1.CN1CCC=C(c2nsnc2OCC2CC2)C1. The van der Waals surface area contributed by atoms with Crippen molar-refractivity contribution in [2.45, 2.75) is 51.9 Å². The third kappa shape index (κ3) is 8.06. The molecule has 0 amide bonds. The van der Waals surface area contributed by atoms with Crippen LogP contribution in [0.15, 0.2) is 12.2 Å². The minimum Gasteiger partial charge on any atom is -0.475 e. The van der Waals surface area contributed by atoms with Gasteiger partial charge in [0, 0.05) is 26.2 Å². The van der Waals surface area contributed by atoms with Crippen LogP contribution in [0.3, 0.4) is 0 Å². The molecule has 2 aromatic heterocycles. The number of ether oxygens (including phenoxy) is 2. The average molecular weight is 519 g/mol. The summed E-state index contributed by atoms with van der Waals surface area (Å²) in [6.45, 7) is 7.88. The van der Waals surface area contributed by atoms with E-state index in [1.54, 1.807) is 0 Å². The molecular weight excluding hydrogens is 480 g/mol. The summed E-state index contributed by atoms with van der Waals surface area (Å²) in [5, 5.41) is 0. The van der Waals surface area contributed by atoms with Crippen molar-refractivity contribution < 1.29 is 9.47 Å². The lowest BCUT2D eigenvalue weighted by molar-refractivity contribution is 0.289. The molecule has 10 heteroatoms. The van der Waals surface area contributed by atoms with E-state index in [1.807, 2.05) is 0 Å². The zero-order chi connectivity index (χ0) is 24.5. The second-order valence-electron chi connectivity index (χ2n) is 9.66. The van der Waals surface area contributed by atoms with Crippen LogP contribution in [-0.4, -0.2) is 80.8 Å². The molecule has 0 radical (unpaired) electrons. The summed E-state index contributed by atoms with van der Waals surface area (Å²) in [4.78, 5) is 4.61. The van der Waals surface area contributed by atoms with E-state index in [4.69, 9.17) is 9.47 Å². The van der Waals surface area contributed by atoms with Crippen LogP contribution in [0, 0.1) is 5.92 Å². The molecule has 0 atom stereocenters. The molecule has 3 aliphatic rings. The molecule has 0 unspecified atom stereocenters. The normalized spacial score (nSPS) is 18.9. The first-order chi connectivity index (χ1) is 17.1. The van der Waals surface area contributed by atoms with Crippen LogP contribution in [0.2, 0.25) is 0 Å². The molecule has 1 saturated carbocycles. The van der Waals surface area contributed by atoms with Crippen molar-refractivity contribution in [3.8, 4) is 11.8 Å². The Labute approximate surface area is 217 Å². The molecule has 0 bridgehead atoms. The van der Waals surface area contributed by atoms with Crippen LogP contribution in [0.1, 0.15) is 63.3 Å². The fraction of sp³-hybridized carbons (Fsp3) is 0.680. The Morgan fingerprint density at radius 2 is 1.40 bits per heavy atom. The molecule has 4 heterocycles. The first-order valence-corrected chi connectivity index (χ1v) is 14.3. The maximum absolute atomic E-state index is 5.77. The zero-order valence-electron chi connectivity index (χ0n) is 21.2. The molecule has 0 spiro atoms. The minimum absolute atomic E-state index is 0.720. The van der Waals surface area contributed by atoms with Gasteiger partial charge in [0.25, 0.3) is 11.8 Å². The third-order valence-electron chi connectivity index (χ3n) is 6.35. The van der Waals surface area contributed by atoms with Crippen LogP contribution in [0.5, 0.6) is 11.8 Å². The number of likely N-dealkylation sites (N-methyl/N-ethyl adjacent to an activating group) is 2. The lowest BCUT2D eigenvalue weighted by atomic mass is 10.1. The Morgan fingerprint density at radius 3 is 1.91 bits per heavy atom. The summed E-state index contributed by atoms with van der Waals surface area (Å²) in [6.07, 6.45) is 12.8.